The molecule has 3 aromatic carbocycles. The third kappa shape index (κ3) is 8.08. The molecule has 6 nitrogen and oxygen atoms in total. The minimum atomic E-state index is -0.551. The molecule has 0 saturated heterocycles. The number of ether oxygens (including phenoxy) is 3. The quantitative estimate of drug-likeness (QED) is 0.146. The number of rotatable bonds is 9. The Morgan fingerprint density at radius 1 is 0.486 bits per heavy atom. The zero-order chi connectivity index (χ0) is 26.6. The van der Waals surface area contributed by atoms with Crippen LogP contribution in [0.15, 0.2) is 124 Å². The molecule has 0 amide bonds. The van der Waals surface area contributed by atoms with E-state index in [1.54, 1.807) is 75.4 Å². The van der Waals surface area contributed by atoms with Crippen LogP contribution in [0.1, 0.15) is 20.8 Å². The average molecular weight is 516 g/mol. The lowest BCUT2D eigenvalue weighted by Crippen LogP contribution is -2.08. The standard InChI is InChI=1S/C30H27O6S/c1-4-7-28(31)34-22-10-16-25(17-11-22)37(26-18-12-23(13-19-26)35-29(32)8-5-2)27-20-14-24(15-21-27)36-30(33)9-6-3/h4-21H,1-3H3/q+1/b7-4+,8-5+,9-6+. The van der Waals surface area contributed by atoms with E-state index in [0.717, 1.165) is 14.7 Å². The summed E-state index contributed by atoms with van der Waals surface area (Å²) in [4.78, 5) is 38.3. The number of hydrogen-bond donors (Lipinski definition) is 0. The van der Waals surface area contributed by atoms with Crippen LogP contribution >= 0.6 is 0 Å². The van der Waals surface area contributed by atoms with Gasteiger partial charge in [-0.25, -0.2) is 14.4 Å². The SMILES string of the molecule is C/C=C/C(=O)Oc1ccc([S+](c2ccc(OC(=O)/C=C/C)cc2)c2ccc(OC(=O)/C=C/C)cc2)cc1. The Balaban J connectivity index is 1.93. The highest BCUT2D eigenvalue weighted by Crippen LogP contribution is 2.34. The Kier molecular flexibility index (Phi) is 10.0. The van der Waals surface area contributed by atoms with Gasteiger partial charge >= 0.3 is 17.9 Å². The Bertz CT molecular complexity index is 1140. The monoisotopic (exact) mass is 515 g/mol. The molecule has 0 atom stereocenters. The van der Waals surface area contributed by atoms with E-state index in [0.29, 0.717) is 17.2 Å². The predicted octanol–water partition coefficient (Wildman–Crippen LogP) is 6.23. The maximum Gasteiger partial charge on any atom is 0.335 e. The maximum atomic E-state index is 11.8. The molecule has 0 N–H and O–H groups in total. The van der Waals surface area contributed by atoms with Crippen molar-refractivity contribution in [2.45, 2.75) is 35.5 Å². The summed E-state index contributed by atoms with van der Waals surface area (Å²) in [6, 6.07) is 21.9. The number of esters is 3. The first-order chi connectivity index (χ1) is 17.9. The Hall–Kier alpha value is -4.36. The minimum Gasteiger partial charge on any atom is -0.423 e. The lowest BCUT2D eigenvalue weighted by molar-refractivity contribution is -0.129. The summed E-state index contributed by atoms with van der Waals surface area (Å²) in [6.45, 7) is 5.24. The van der Waals surface area contributed by atoms with Gasteiger partial charge in [0.25, 0.3) is 0 Å². The first-order valence-corrected chi connectivity index (χ1v) is 12.7. The second-order valence-corrected chi connectivity index (χ2v) is 9.51. The Labute approximate surface area is 219 Å². The van der Waals surface area contributed by atoms with Crippen molar-refractivity contribution >= 4 is 28.8 Å². The van der Waals surface area contributed by atoms with Gasteiger partial charge < -0.3 is 14.2 Å². The van der Waals surface area contributed by atoms with E-state index in [-0.39, 0.29) is 0 Å². The molecule has 0 spiro atoms. The lowest BCUT2D eigenvalue weighted by Gasteiger charge is -2.10. The second kappa shape index (κ2) is 13.7. The maximum absolute atomic E-state index is 11.8. The minimum absolute atomic E-state index is 0.438. The van der Waals surface area contributed by atoms with Gasteiger partial charge in [0.05, 0.1) is 10.9 Å². The van der Waals surface area contributed by atoms with E-state index in [2.05, 4.69) is 0 Å². The molecule has 0 unspecified atom stereocenters. The highest BCUT2D eigenvalue weighted by atomic mass is 32.2. The van der Waals surface area contributed by atoms with Gasteiger partial charge in [0.2, 0.25) is 0 Å². The topological polar surface area (TPSA) is 78.9 Å². The fraction of sp³-hybridized carbons (Fsp3) is 0.100. The number of benzene rings is 3. The smallest absolute Gasteiger partial charge is 0.335 e. The third-order valence-electron chi connectivity index (χ3n) is 4.74. The predicted molar refractivity (Wildman–Crippen MR) is 143 cm³/mol. The lowest BCUT2D eigenvalue weighted by atomic mass is 10.3. The van der Waals surface area contributed by atoms with Crippen LogP contribution in [0.4, 0.5) is 0 Å². The van der Waals surface area contributed by atoms with Gasteiger partial charge in [-0.2, -0.15) is 0 Å². The van der Waals surface area contributed by atoms with E-state index in [9.17, 15) is 14.4 Å². The van der Waals surface area contributed by atoms with Crippen molar-refractivity contribution in [1.82, 2.24) is 0 Å². The van der Waals surface area contributed by atoms with Gasteiger partial charge in [-0.1, -0.05) is 18.2 Å². The first-order valence-electron chi connectivity index (χ1n) is 11.5. The molecular formula is C30H27O6S+. The molecule has 0 aliphatic rings. The van der Waals surface area contributed by atoms with E-state index in [1.165, 1.54) is 18.2 Å². The van der Waals surface area contributed by atoms with E-state index in [4.69, 9.17) is 14.2 Å². The van der Waals surface area contributed by atoms with Gasteiger partial charge in [-0.15, -0.1) is 0 Å². The van der Waals surface area contributed by atoms with Crippen LogP contribution in [0.3, 0.4) is 0 Å². The molecule has 37 heavy (non-hydrogen) atoms. The number of hydrogen-bond acceptors (Lipinski definition) is 6. The zero-order valence-electron chi connectivity index (χ0n) is 20.8. The molecule has 0 aliphatic carbocycles. The largest absolute Gasteiger partial charge is 0.423 e. The third-order valence-corrected chi connectivity index (χ3v) is 6.97. The molecule has 0 aliphatic heterocycles. The van der Waals surface area contributed by atoms with Crippen LogP contribution in [0, 0.1) is 0 Å². The van der Waals surface area contributed by atoms with Gasteiger partial charge in [-0.05, 0) is 93.6 Å². The van der Waals surface area contributed by atoms with Crippen LogP contribution in [0.25, 0.3) is 0 Å². The molecule has 3 aromatic rings. The molecule has 0 saturated carbocycles. The van der Waals surface area contributed by atoms with Crippen molar-refractivity contribution in [3.8, 4) is 17.2 Å². The Morgan fingerprint density at radius 3 is 0.946 bits per heavy atom. The van der Waals surface area contributed by atoms with Crippen molar-refractivity contribution < 1.29 is 28.6 Å². The van der Waals surface area contributed by atoms with E-state index in [1.807, 2.05) is 36.4 Å². The summed E-state index contributed by atoms with van der Waals surface area (Å²) >= 11 is 0. The molecule has 3 rings (SSSR count). The molecular weight excluding hydrogens is 488 g/mol. The van der Waals surface area contributed by atoms with Gasteiger partial charge in [-0.3, -0.25) is 0 Å². The summed E-state index contributed by atoms with van der Waals surface area (Å²) in [6.07, 6.45) is 8.92. The first kappa shape index (κ1) is 27.2. The summed E-state index contributed by atoms with van der Waals surface area (Å²) in [7, 11) is -0.551. The molecule has 0 radical (unpaired) electrons. The van der Waals surface area contributed by atoms with Crippen molar-refractivity contribution in [1.29, 1.82) is 0 Å². The summed E-state index contributed by atoms with van der Waals surface area (Å²) in [5, 5.41) is 0. The van der Waals surface area contributed by atoms with E-state index >= 15 is 0 Å². The van der Waals surface area contributed by atoms with Crippen LogP contribution in [0.5, 0.6) is 17.2 Å². The van der Waals surface area contributed by atoms with Crippen LogP contribution in [-0.4, -0.2) is 17.9 Å². The summed E-state index contributed by atoms with van der Waals surface area (Å²) in [5.41, 5.74) is 0. The van der Waals surface area contributed by atoms with Gasteiger partial charge in [0.15, 0.2) is 14.7 Å². The highest BCUT2D eigenvalue weighted by molar-refractivity contribution is 7.97. The highest BCUT2D eigenvalue weighted by Gasteiger charge is 2.29. The normalized spacial score (nSPS) is 11.4. The van der Waals surface area contributed by atoms with Gasteiger partial charge in [0, 0.05) is 18.2 Å². The average Bonchev–Trinajstić information content (AvgIpc) is 2.88. The van der Waals surface area contributed by atoms with Crippen LogP contribution in [-0.2, 0) is 25.3 Å². The molecule has 188 valence electrons. The molecule has 0 fully saturated rings. The second-order valence-electron chi connectivity index (χ2n) is 7.48. The Morgan fingerprint density at radius 2 is 0.730 bits per heavy atom. The summed E-state index contributed by atoms with van der Waals surface area (Å²) < 4.78 is 15.9. The number of allylic oxidation sites excluding steroid dienone is 3. The van der Waals surface area contributed by atoms with Crippen LogP contribution < -0.4 is 14.2 Å². The van der Waals surface area contributed by atoms with Crippen molar-refractivity contribution in [3.63, 3.8) is 0 Å². The molecule has 0 aromatic heterocycles. The molecule has 7 heteroatoms. The van der Waals surface area contributed by atoms with Crippen molar-refractivity contribution in [3.05, 3.63) is 109 Å². The fourth-order valence-electron chi connectivity index (χ4n) is 3.20. The summed E-state index contributed by atoms with van der Waals surface area (Å²) in [5.74, 6) is -0.0188. The number of carbonyl (C=O) groups excluding carboxylic acids is 3. The number of carbonyl (C=O) groups is 3. The van der Waals surface area contributed by atoms with Crippen LogP contribution in [0.2, 0.25) is 0 Å². The fourth-order valence-corrected chi connectivity index (χ4v) is 5.24. The van der Waals surface area contributed by atoms with Gasteiger partial charge in [0.1, 0.15) is 17.2 Å². The molecule has 0 bridgehead atoms. The zero-order valence-corrected chi connectivity index (χ0v) is 21.6. The van der Waals surface area contributed by atoms with Crippen molar-refractivity contribution in [2.75, 3.05) is 0 Å². The van der Waals surface area contributed by atoms with E-state index < -0.39 is 28.8 Å². The molecule has 0 heterocycles. The van der Waals surface area contributed by atoms with Crippen molar-refractivity contribution in [2.24, 2.45) is 0 Å².